The highest BCUT2D eigenvalue weighted by atomic mass is 19.1. The zero-order chi connectivity index (χ0) is 15.8. The maximum Gasteiger partial charge on any atom is 0.319 e. The smallest absolute Gasteiger partial charge is 0.319 e. The maximum atomic E-state index is 13.2. The van der Waals surface area contributed by atoms with Crippen molar-refractivity contribution in [2.75, 3.05) is 11.9 Å². The van der Waals surface area contributed by atoms with Gasteiger partial charge in [-0.3, -0.25) is 4.98 Å². The maximum absolute atomic E-state index is 13.2. The highest BCUT2D eigenvalue weighted by Gasteiger charge is 2.09. The van der Waals surface area contributed by atoms with Crippen LogP contribution in [0.2, 0.25) is 0 Å². The number of pyridine rings is 1. The number of carbonyl (C=O) groups excluding carboxylic acids is 1. The third-order valence-corrected chi connectivity index (χ3v) is 2.66. The van der Waals surface area contributed by atoms with Crippen LogP contribution >= 0.6 is 0 Å². The molecule has 0 fully saturated rings. The number of nitrogens with one attached hydrogen (secondary N) is 2. The van der Waals surface area contributed by atoms with E-state index in [9.17, 15) is 9.18 Å². The topological polar surface area (TPSA) is 63.2 Å². The highest BCUT2D eigenvalue weighted by molar-refractivity contribution is 5.90. The van der Waals surface area contributed by atoms with Gasteiger partial charge in [-0.25, -0.2) is 9.18 Å². The Labute approximate surface area is 127 Å². The summed E-state index contributed by atoms with van der Waals surface area (Å²) in [6.45, 7) is 0.252. The number of benzene rings is 1. The lowest BCUT2D eigenvalue weighted by Crippen LogP contribution is -2.28. The number of rotatable bonds is 5. The van der Waals surface area contributed by atoms with E-state index in [0.717, 1.165) is 11.8 Å². The standard InChI is InChI=1S/C16H14FN3O2/c1-2-9-22-15-10-12(17)6-7-14(15)20-16(21)19-11-13-5-3-4-8-18-13/h1,3-8,10H,9,11H2,(H2,19,20,21). The van der Waals surface area contributed by atoms with Crippen molar-refractivity contribution in [3.05, 3.63) is 54.1 Å². The van der Waals surface area contributed by atoms with Crippen LogP contribution in [0, 0.1) is 18.2 Å². The van der Waals surface area contributed by atoms with E-state index in [1.807, 2.05) is 6.07 Å². The summed E-state index contributed by atoms with van der Waals surface area (Å²) in [6, 6.07) is 8.73. The lowest BCUT2D eigenvalue weighted by molar-refractivity contribution is 0.251. The molecule has 112 valence electrons. The summed E-state index contributed by atoms with van der Waals surface area (Å²) in [5.74, 6) is 1.97. The lowest BCUT2D eigenvalue weighted by Gasteiger charge is -2.12. The Hall–Kier alpha value is -3.07. The molecule has 0 bridgehead atoms. The van der Waals surface area contributed by atoms with Gasteiger partial charge >= 0.3 is 6.03 Å². The van der Waals surface area contributed by atoms with Crippen molar-refractivity contribution in [1.29, 1.82) is 0 Å². The molecule has 5 nitrogen and oxygen atoms in total. The summed E-state index contributed by atoms with van der Waals surface area (Å²) in [5.41, 5.74) is 1.05. The summed E-state index contributed by atoms with van der Waals surface area (Å²) >= 11 is 0. The number of hydrogen-bond donors (Lipinski definition) is 2. The Morgan fingerprint density at radius 2 is 2.23 bits per heavy atom. The molecule has 2 amide bonds. The molecular formula is C16H14FN3O2. The molecule has 0 aliphatic carbocycles. The van der Waals surface area contributed by atoms with E-state index < -0.39 is 11.8 Å². The number of anilines is 1. The lowest BCUT2D eigenvalue weighted by atomic mass is 10.3. The first-order valence-electron chi connectivity index (χ1n) is 6.49. The number of amides is 2. The molecule has 0 unspecified atom stereocenters. The predicted octanol–water partition coefficient (Wildman–Crippen LogP) is 2.55. The van der Waals surface area contributed by atoms with Gasteiger partial charge in [0.2, 0.25) is 0 Å². The van der Waals surface area contributed by atoms with E-state index >= 15 is 0 Å². The van der Waals surface area contributed by atoms with Crippen LogP contribution in [-0.4, -0.2) is 17.6 Å². The molecule has 2 aromatic rings. The minimum Gasteiger partial charge on any atom is -0.479 e. The Morgan fingerprint density at radius 3 is 2.95 bits per heavy atom. The van der Waals surface area contributed by atoms with Crippen molar-refractivity contribution in [3.8, 4) is 18.1 Å². The van der Waals surface area contributed by atoms with Crippen molar-refractivity contribution in [2.45, 2.75) is 6.54 Å². The Balaban J connectivity index is 1.97. The predicted molar refractivity (Wildman–Crippen MR) is 80.8 cm³/mol. The van der Waals surface area contributed by atoms with Crippen LogP contribution in [-0.2, 0) is 6.54 Å². The van der Waals surface area contributed by atoms with E-state index in [4.69, 9.17) is 11.2 Å². The number of aromatic nitrogens is 1. The molecule has 0 radical (unpaired) electrons. The van der Waals surface area contributed by atoms with Crippen LogP contribution in [0.1, 0.15) is 5.69 Å². The van der Waals surface area contributed by atoms with Crippen LogP contribution in [0.4, 0.5) is 14.9 Å². The molecule has 22 heavy (non-hydrogen) atoms. The van der Waals surface area contributed by atoms with Crippen LogP contribution < -0.4 is 15.4 Å². The van der Waals surface area contributed by atoms with Crippen molar-refractivity contribution >= 4 is 11.7 Å². The van der Waals surface area contributed by atoms with Gasteiger partial charge < -0.3 is 15.4 Å². The second kappa shape index (κ2) is 7.64. The molecule has 1 aromatic heterocycles. The van der Waals surface area contributed by atoms with Crippen molar-refractivity contribution in [3.63, 3.8) is 0 Å². The molecule has 0 aliphatic heterocycles. The first-order valence-corrected chi connectivity index (χ1v) is 6.49. The van der Waals surface area contributed by atoms with Gasteiger partial charge in [-0.05, 0) is 24.3 Å². The quantitative estimate of drug-likeness (QED) is 0.834. The normalized spacial score (nSPS) is 9.64. The van der Waals surface area contributed by atoms with Crippen LogP contribution in [0.5, 0.6) is 5.75 Å². The monoisotopic (exact) mass is 299 g/mol. The van der Waals surface area contributed by atoms with Gasteiger partial charge in [0.1, 0.15) is 18.2 Å². The molecule has 2 rings (SSSR count). The molecular weight excluding hydrogens is 285 g/mol. The van der Waals surface area contributed by atoms with E-state index in [-0.39, 0.29) is 18.9 Å². The van der Waals surface area contributed by atoms with Crippen LogP contribution in [0.3, 0.4) is 0 Å². The highest BCUT2D eigenvalue weighted by Crippen LogP contribution is 2.25. The van der Waals surface area contributed by atoms with E-state index in [0.29, 0.717) is 5.69 Å². The van der Waals surface area contributed by atoms with Gasteiger partial charge in [-0.2, -0.15) is 0 Å². The number of carbonyl (C=O) groups is 1. The molecule has 2 N–H and O–H groups in total. The van der Waals surface area contributed by atoms with Crippen molar-refractivity contribution in [1.82, 2.24) is 10.3 Å². The fourth-order valence-corrected chi connectivity index (χ4v) is 1.68. The number of nitrogens with zero attached hydrogens (tertiary/aromatic N) is 1. The summed E-state index contributed by atoms with van der Waals surface area (Å²) in [6.07, 6.45) is 6.74. The van der Waals surface area contributed by atoms with Gasteiger partial charge in [0, 0.05) is 12.3 Å². The first-order chi connectivity index (χ1) is 10.7. The second-order valence-electron chi connectivity index (χ2n) is 4.26. The van der Waals surface area contributed by atoms with E-state index in [1.54, 1.807) is 18.3 Å². The molecule has 1 aromatic carbocycles. The second-order valence-corrected chi connectivity index (χ2v) is 4.26. The third-order valence-electron chi connectivity index (χ3n) is 2.66. The minimum atomic E-state index is -0.480. The number of terminal acetylenes is 1. The largest absolute Gasteiger partial charge is 0.479 e. The Kier molecular flexibility index (Phi) is 5.32. The summed E-state index contributed by atoms with van der Waals surface area (Å²) in [4.78, 5) is 15.9. The van der Waals surface area contributed by atoms with Gasteiger partial charge in [-0.1, -0.05) is 12.0 Å². The molecule has 0 saturated carbocycles. The summed E-state index contributed by atoms with van der Waals surface area (Å²) < 4.78 is 18.4. The molecule has 6 heteroatoms. The number of ether oxygens (including phenoxy) is 1. The summed E-state index contributed by atoms with van der Waals surface area (Å²) in [7, 11) is 0. The third kappa shape index (κ3) is 4.49. The fraction of sp³-hybridized carbons (Fsp3) is 0.125. The Morgan fingerprint density at radius 1 is 1.36 bits per heavy atom. The van der Waals surface area contributed by atoms with Crippen LogP contribution in [0.15, 0.2) is 42.6 Å². The molecule has 0 saturated heterocycles. The average molecular weight is 299 g/mol. The van der Waals surface area contributed by atoms with Gasteiger partial charge in [0.25, 0.3) is 0 Å². The van der Waals surface area contributed by atoms with E-state index in [2.05, 4.69) is 21.5 Å². The SMILES string of the molecule is C#CCOc1cc(F)ccc1NC(=O)NCc1ccccn1. The van der Waals surface area contributed by atoms with Gasteiger partial charge in [-0.15, -0.1) is 6.42 Å². The minimum absolute atomic E-state index is 0.0202. The average Bonchev–Trinajstić information content (AvgIpc) is 2.54. The van der Waals surface area contributed by atoms with Gasteiger partial charge in [0.15, 0.2) is 0 Å². The molecule has 0 aliphatic rings. The molecule has 0 atom stereocenters. The van der Waals surface area contributed by atoms with E-state index in [1.165, 1.54) is 12.1 Å². The van der Waals surface area contributed by atoms with Crippen molar-refractivity contribution in [2.24, 2.45) is 0 Å². The zero-order valence-electron chi connectivity index (χ0n) is 11.7. The number of halogens is 1. The number of hydrogen-bond acceptors (Lipinski definition) is 3. The summed E-state index contributed by atoms with van der Waals surface area (Å²) in [5, 5.41) is 5.22. The van der Waals surface area contributed by atoms with Gasteiger partial charge in [0.05, 0.1) is 17.9 Å². The Bertz CT molecular complexity index is 684. The first kappa shape index (κ1) is 15.3. The molecule has 1 heterocycles. The number of urea groups is 1. The molecule has 0 spiro atoms. The fourth-order valence-electron chi connectivity index (χ4n) is 1.68. The van der Waals surface area contributed by atoms with Crippen LogP contribution in [0.25, 0.3) is 0 Å². The van der Waals surface area contributed by atoms with Crippen molar-refractivity contribution < 1.29 is 13.9 Å². The zero-order valence-corrected chi connectivity index (χ0v) is 11.7.